The standard InChI is InChI=1S/C28H26N4O3/c1-33-20-9-11-21(12-10-20)35-15-19-8-7-18(13-25(19)34-2)26-23-6-4-3-5-22(23)24(14-29)27(32)28(26,16-30)17-31/h5,7-13,23,26H,3-4,6,15,32H2,1-2H3/t23-,26-/m1/s1. The molecule has 2 aliphatic carbocycles. The van der Waals surface area contributed by atoms with Crippen molar-refractivity contribution in [1.82, 2.24) is 0 Å². The van der Waals surface area contributed by atoms with E-state index in [1.165, 1.54) is 0 Å². The highest BCUT2D eigenvalue weighted by atomic mass is 16.5. The third-order valence-electron chi connectivity index (χ3n) is 6.92. The minimum Gasteiger partial charge on any atom is -0.497 e. The molecule has 2 aliphatic rings. The van der Waals surface area contributed by atoms with Crippen LogP contribution in [0, 0.1) is 45.3 Å². The van der Waals surface area contributed by atoms with Crippen molar-refractivity contribution in [3.8, 4) is 35.5 Å². The molecule has 0 bridgehead atoms. The van der Waals surface area contributed by atoms with E-state index in [2.05, 4.69) is 18.2 Å². The van der Waals surface area contributed by atoms with Crippen molar-refractivity contribution >= 4 is 0 Å². The van der Waals surface area contributed by atoms with Gasteiger partial charge in [-0.05, 0) is 66.6 Å². The maximum absolute atomic E-state index is 10.2. The first-order valence-electron chi connectivity index (χ1n) is 11.4. The first-order chi connectivity index (χ1) is 17.0. The fourth-order valence-corrected chi connectivity index (χ4v) is 5.16. The molecule has 0 saturated carbocycles. The third-order valence-corrected chi connectivity index (χ3v) is 6.92. The van der Waals surface area contributed by atoms with Gasteiger partial charge in [0, 0.05) is 11.5 Å². The number of ether oxygens (including phenoxy) is 3. The third kappa shape index (κ3) is 4.05. The molecule has 0 amide bonds. The van der Waals surface area contributed by atoms with Crippen LogP contribution in [0.1, 0.15) is 36.3 Å². The van der Waals surface area contributed by atoms with Gasteiger partial charge in [-0.15, -0.1) is 0 Å². The van der Waals surface area contributed by atoms with Crippen LogP contribution in [0.5, 0.6) is 17.2 Å². The van der Waals surface area contributed by atoms with E-state index in [-0.39, 0.29) is 23.8 Å². The van der Waals surface area contributed by atoms with Crippen LogP contribution in [0.3, 0.4) is 0 Å². The van der Waals surface area contributed by atoms with Gasteiger partial charge in [0.15, 0.2) is 5.41 Å². The van der Waals surface area contributed by atoms with Crippen LogP contribution in [0.25, 0.3) is 0 Å². The second-order valence-electron chi connectivity index (χ2n) is 8.64. The fourth-order valence-electron chi connectivity index (χ4n) is 5.16. The van der Waals surface area contributed by atoms with Crippen molar-refractivity contribution in [2.45, 2.75) is 31.8 Å². The zero-order valence-corrected chi connectivity index (χ0v) is 19.7. The minimum absolute atomic E-state index is 0.0327. The van der Waals surface area contributed by atoms with Crippen LogP contribution in [0.2, 0.25) is 0 Å². The molecule has 4 rings (SSSR count). The number of allylic oxidation sites excluding steroid dienone is 4. The van der Waals surface area contributed by atoms with Crippen LogP contribution in [0.4, 0.5) is 0 Å². The second-order valence-corrected chi connectivity index (χ2v) is 8.64. The summed E-state index contributed by atoms with van der Waals surface area (Å²) in [5.41, 5.74) is 7.47. The lowest BCUT2D eigenvalue weighted by Crippen LogP contribution is -2.42. The number of nitrogens with zero attached hydrogens (tertiary/aromatic N) is 3. The molecule has 176 valence electrons. The summed E-state index contributed by atoms with van der Waals surface area (Å²) >= 11 is 0. The van der Waals surface area contributed by atoms with Crippen LogP contribution in [0.15, 0.2) is 65.4 Å². The number of nitrogens with two attached hydrogens (primary N) is 1. The molecule has 0 aromatic heterocycles. The van der Waals surface area contributed by atoms with Crippen molar-refractivity contribution in [3.05, 3.63) is 76.5 Å². The summed E-state index contributed by atoms with van der Waals surface area (Å²) in [7, 11) is 3.19. The van der Waals surface area contributed by atoms with Gasteiger partial charge in [-0.2, -0.15) is 15.8 Å². The van der Waals surface area contributed by atoms with Gasteiger partial charge in [-0.1, -0.05) is 18.2 Å². The molecule has 0 spiro atoms. The Labute approximate surface area is 205 Å². The predicted molar refractivity (Wildman–Crippen MR) is 129 cm³/mol. The summed E-state index contributed by atoms with van der Waals surface area (Å²) in [4.78, 5) is 0. The van der Waals surface area contributed by atoms with Crippen LogP contribution < -0.4 is 19.9 Å². The lowest BCUT2D eigenvalue weighted by atomic mass is 9.56. The normalized spacial score (nSPS) is 20.4. The molecule has 0 saturated heterocycles. The molecule has 2 atom stereocenters. The molecule has 2 N–H and O–H groups in total. The van der Waals surface area contributed by atoms with E-state index in [0.29, 0.717) is 11.5 Å². The minimum atomic E-state index is -1.64. The lowest BCUT2D eigenvalue weighted by Gasteiger charge is -2.43. The number of hydrogen-bond acceptors (Lipinski definition) is 7. The van der Waals surface area contributed by atoms with Crippen molar-refractivity contribution in [2.75, 3.05) is 14.2 Å². The van der Waals surface area contributed by atoms with Gasteiger partial charge in [0.25, 0.3) is 0 Å². The summed E-state index contributed by atoms with van der Waals surface area (Å²) in [6.07, 6.45) is 4.56. The maximum Gasteiger partial charge on any atom is 0.191 e. The summed E-state index contributed by atoms with van der Waals surface area (Å²) < 4.78 is 16.8. The molecule has 7 nitrogen and oxygen atoms in total. The number of fused-ring (bicyclic) bond motifs is 1. The zero-order valence-electron chi connectivity index (χ0n) is 19.7. The topological polar surface area (TPSA) is 125 Å². The van der Waals surface area contributed by atoms with Crippen LogP contribution in [-0.4, -0.2) is 14.2 Å². The average Bonchev–Trinajstić information content (AvgIpc) is 2.91. The summed E-state index contributed by atoms with van der Waals surface area (Å²) in [6.45, 7) is 0.275. The monoisotopic (exact) mass is 466 g/mol. The first-order valence-corrected chi connectivity index (χ1v) is 11.4. The molecule has 0 heterocycles. The Morgan fingerprint density at radius 2 is 1.71 bits per heavy atom. The maximum atomic E-state index is 10.2. The van der Waals surface area contributed by atoms with Gasteiger partial charge in [-0.25, -0.2) is 0 Å². The molecular formula is C28H26N4O3. The molecule has 2 aromatic rings. The van der Waals surface area contributed by atoms with Gasteiger partial charge in [-0.3, -0.25) is 0 Å². The van der Waals surface area contributed by atoms with Gasteiger partial charge >= 0.3 is 0 Å². The average molecular weight is 467 g/mol. The quantitative estimate of drug-likeness (QED) is 0.643. The predicted octanol–water partition coefficient (Wildman–Crippen LogP) is 4.88. The highest BCUT2D eigenvalue weighted by Gasteiger charge is 2.53. The van der Waals surface area contributed by atoms with E-state index in [1.54, 1.807) is 14.2 Å². The van der Waals surface area contributed by atoms with E-state index in [9.17, 15) is 15.8 Å². The summed E-state index contributed by atoms with van der Waals surface area (Å²) in [6, 6.07) is 19.5. The number of nitriles is 3. The van der Waals surface area contributed by atoms with Gasteiger partial charge in [0.2, 0.25) is 0 Å². The number of methoxy groups -OCH3 is 2. The fraction of sp³-hybridized carbons (Fsp3) is 0.321. The second kappa shape index (κ2) is 9.84. The first kappa shape index (κ1) is 23.7. The number of rotatable bonds is 6. The molecule has 2 aromatic carbocycles. The van der Waals surface area contributed by atoms with Gasteiger partial charge in [0.05, 0.1) is 37.6 Å². The van der Waals surface area contributed by atoms with E-state index in [0.717, 1.165) is 41.7 Å². The van der Waals surface area contributed by atoms with Crippen molar-refractivity contribution in [1.29, 1.82) is 15.8 Å². The van der Waals surface area contributed by atoms with E-state index >= 15 is 0 Å². The molecule has 0 unspecified atom stereocenters. The zero-order chi connectivity index (χ0) is 25.0. The largest absolute Gasteiger partial charge is 0.497 e. The van der Waals surface area contributed by atoms with Crippen molar-refractivity contribution < 1.29 is 14.2 Å². The Morgan fingerprint density at radius 1 is 1.00 bits per heavy atom. The van der Waals surface area contributed by atoms with E-state index < -0.39 is 11.3 Å². The summed E-state index contributed by atoms with van der Waals surface area (Å²) in [5, 5.41) is 30.2. The SMILES string of the molecule is COc1ccc(OCc2ccc([C@@H]3[C@@H]4CCCC=C4C(C#N)=C(N)C3(C#N)C#N)cc2OC)cc1. The Hall–Kier alpha value is -4.41. The van der Waals surface area contributed by atoms with E-state index in [1.807, 2.05) is 48.5 Å². The molecule has 0 fully saturated rings. The molecule has 7 heteroatoms. The highest BCUT2D eigenvalue weighted by molar-refractivity contribution is 5.59. The van der Waals surface area contributed by atoms with Gasteiger partial charge in [0.1, 0.15) is 29.9 Å². The van der Waals surface area contributed by atoms with Crippen molar-refractivity contribution in [2.24, 2.45) is 17.1 Å². The Bertz CT molecular complexity index is 1290. The molecule has 0 radical (unpaired) electrons. The molecule has 0 aliphatic heterocycles. The van der Waals surface area contributed by atoms with Crippen LogP contribution >= 0.6 is 0 Å². The number of hydrogen-bond donors (Lipinski definition) is 1. The van der Waals surface area contributed by atoms with E-state index in [4.69, 9.17) is 19.9 Å². The molecule has 35 heavy (non-hydrogen) atoms. The Morgan fingerprint density at radius 3 is 2.34 bits per heavy atom. The van der Waals surface area contributed by atoms with Gasteiger partial charge < -0.3 is 19.9 Å². The number of benzene rings is 2. The highest BCUT2D eigenvalue weighted by Crippen LogP contribution is 2.56. The van der Waals surface area contributed by atoms with Crippen molar-refractivity contribution in [3.63, 3.8) is 0 Å². The lowest BCUT2D eigenvalue weighted by molar-refractivity contribution is 0.294. The summed E-state index contributed by atoms with van der Waals surface area (Å²) in [5.74, 6) is 1.35. The Balaban J connectivity index is 1.72. The van der Waals surface area contributed by atoms with Crippen LogP contribution in [-0.2, 0) is 6.61 Å². The molecular weight excluding hydrogens is 440 g/mol. The Kier molecular flexibility index (Phi) is 6.67. The smallest absolute Gasteiger partial charge is 0.191 e.